The molecule has 1 saturated carbocycles. The van der Waals surface area contributed by atoms with Gasteiger partial charge in [0, 0.05) is 5.41 Å². The molecule has 0 heterocycles. The van der Waals surface area contributed by atoms with E-state index >= 15 is 0 Å². The highest BCUT2D eigenvalue weighted by atomic mass is 16.1. The molecule has 1 nitrogen and oxygen atoms in total. The van der Waals surface area contributed by atoms with Crippen LogP contribution in [0.1, 0.15) is 66.2 Å². The summed E-state index contributed by atoms with van der Waals surface area (Å²) in [5, 5.41) is 0. The highest BCUT2D eigenvalue weighted by molar-refractivity contribution is 5.61. The first-order chi connectivity index (χ1) is 9.90. The van der Waals surface area contributed by atoms with Crippen LogP contribution in [0.15, 0.2) is 23.3 Å². The van der Waals surface area contributed by atoms with Gasteiger partial charge in [-0.15, -0.1) is 0 Å². The van der Waals surface area contributed by atoms with E-state index in [-0.39, 0.29) is 5.41 Å². The number of allylic oxidation sites excluding steroid dienone is 4. The zero-order valence-corrected chi connectivity index (χ0v) is 14.0. The summed E-state index contributed by atoms with van der Waals surface area (Å²) in [6.45, 7) is 9.22. The third-order valence-electron chi connectivity index (χ3n) is 6.81. The zero-order chi connectivity index (χ0) is 15.3. The first-order valence-corrected chi connectivity index (χ1v) is 8.70. The Balaban J connectivity index is 1.99. The van der Waals surface area contributed by atoms with Crippen LogP contribution in [0.2, 0.25) is 0 Å². The molecule has 0 amide bonds. The molecule has 1 radical (unpaired) electrons. The maximum absolute atomic E-state index is 11.6. The smallest absolute Gasteiger partial charge is 0.205 e. The molecule has 3 aliphatic carbocycles. The zero-order valence-electron chi connectivity index (χ0n) is 14.0. The fraction of sp³-hybridized carbons (Fsp3) is 0.750. The fourth-order valence-corrected chi connectivity index (χ4v) is 5.47. The molecule has 1 heteroatoms. The summed E-state index contributed by atoms with van der Waals surface area (Å²) in [6.07, 6.45) is 14.4. The van der Waals surface area contributed by atoms with Crippen molar-refractivity contribution in [3.63, 3.8) is 0 Å². The number of hydrogen-bond acceptors (Lipinski definition) is 1. The monoisotopic (exact) mass is 285 g/mol. The van der Waals surface area contributed by atoms with E-state index in [2.05, 4.69) is 46.1 Å². The first-order valence-electron chi connectivity index (χ1n) is 8.70. The van der Waals surface area contributed by atoms with Crippen LogP contribution in [-0.2, 0) is 4.79 Å². The van der Waals surface area contributed by atoms with Crippen molar-refractivity contribution in [1.29, 1.82) is 0 Å². The van der Waals surface area contributed by atoms with Crippen molar-refractivity contribution in [2.75, 3.05) is 0 Å². The average Bonchev–Trinajstić information content (AvgIpc) is 2.46. The molecular weight excluding hydrogens is 256 g/mol. The molecule has 3 rings (SSSR count). The van der Waals surface area contributed by atoms with Crippen molar-refractivity contribution in [2.45, 2.75) is 66.2 Å². The molecule has 1 fully saturated rings. The highest BCUT2D eigenvalue weighted by Gasteiger charge is 2.54. The molecule has 4 atom stereocenters. The number of rotatable bonds is 2. The van der Waals surface area contributed by atoms with Gasteiger partial charge in [0.1, 0.15) is 0 Å². The Bertz CT molecular complexity index is 498. The summed E-state index contributed by atoms with van der Waals surface area (Å²) in [4.78, 5) is 11.6. The molecule has 0 aromatic carbocycles. The van der Waals surface area contributed by atoms with Crippen LogP contribution in [0.3, 0.4) is 0 Å². The summed E-state index contributed by atoms with van der Waals surface area (Å²) in [5.41, 5.74) is 3.25. The molecular formula is C20H29O. The maximum Gasteiger partial charge on any atom is 0.205 e. The standard InChI is InChI=1S/C20H29O/c1-14(2)15-6-8-17-16(12-15)7-9-18-19(3,13-21)10-5-11-20(17,18)4/h7,12,14,17-18H,5-6,8-11H2,1-4H3/t17-,18?,19+,20+/m0/s1. The molecule has 21 heavy (non-hydrogen) atoms. The van der Waals surface area contributed by atoms with Crippen molar-refractivity contribution in [3.05, 3.63) is 23.3 Å². The van der Waals surface area contributed by atoms with E-state index in [4.69, 9.17) is 0 Å². The molecule has 3 aliphatic rings. The second-order valence-electron chi connectivity index (χ2n) is 8.34. The van der Waals surface area contributed by atoms with E-state index in [0.29, 0.717) is 23.2 Å². The normalized spacial score (nSPS) is 42.7. The SMILES string of the molecule is CC(C)C1=CC2=CCC3[C@@](C)([C]=O)CCC[C@]3(C)[C@H]2CC1. The molecule has 0 bridgehead atoms. The van der Waals surface area contributed by atoms with Crippen LogP contribution < -0.4 is 0 Å². The number of fused-ring (bicyclic) bond motifs is 3. The van der Waals surface area contributed by atoms with E-state index in [0.717, 1.165) is 12.8 Å². The van der Waals surface area contributed by atoms with Gasteiger partial charge in [-0.2, -0.15) is 0 Å². The second kappa shape index (κ2) is 5.11. The minimum absolute atomic E-state index is 0.225. The van der Waals surface area contributed by atoms with Gasteiger partial charge in [0.2, 0.25) is 6.29 Å². The van der Waals surface area contributed by atoms with Gasteiger partial charge < -0.3 is 0 Å². The van der Waals surface area contributed by atoms with Gasteiger partial charge in [-0.3, -0.25) is 4.79 Å². The van der Waals surface area contributed by atoms with Crippen LogP contribution in [0.25, 0.3) is 0 Å². The van der Waals surface area contributed by atoms with E-state index in [9.17, 15) is 4.79 Å². The quantitative estimate of drug-likeness (QED) is 0.679. The molecule has 1 unspecified atom stereocenters. The van der Waals surface area contributed by atoms with E-state index < -0.39 is 0 Å². The molecule has 0 spiro atoms. The molecule has 0 saturated heterocycles. The minimum Gasteiger partial charge on any atom is -0.290 e. The van der Waals surface area contributed by atoms with Gasteiger partial charge in [-0.25, -0.2) is 0 Å². The lowest BCUT2D eigenvalue weighted by molar-refractivity contribution is -0.0155. The van der Waals surface area contributed by atoms with Crippen molar-refractivity contribution >= 4 is 6.29 Å². The highest BCUT2D eigenvalue weighted by Crippen LogP contribution is 2.61. The van der Waals surface area contributed by atoms with Crippen molar-refractivity contribution in [2.24, 2.45) is 28.6 Å². The molecule has 0 aliphatic heterocycles. The second-order valence-corrected chi connectivity index (χ2v) is 8.34. The Kier molecular flexibility index (Phi) is 3.66. The summed E-state index contributed by atoms with van der Waals surface area (Å²) in [6, 6.07) is 0. The van der Waals surface area contributed by atoms with Crippen LogP contribution in [0.5, 0.6) is 0 Å². The van der Waals surface area contributed by atoms with Crippen molar-refractivity contribution in [3.8, 4) is 0 Å². The maximum atomic E-state index is 11.6. The number of carbonyl (C=O) groups excluding carboxylic acids is 1. The van der Waals surface area contributed by atoms with Gasteiger partial charge in [0.25, 0.3) is 0 Å². The van der Waals surface area contributed by atoms with Crippen LogP contribution in [0.4, 0.5) is 0 Å². The van der Waals surface area contributed by atoms with E-state index in [1.54, 1.807) is 11.1 Å². The van der Waals surface area contributed by atoms with Crippen molar-refractivity contribution < 1.29 is 4.79 Å². The molecule has 115 valence electrons. The lowest BCUT2D eigenvalue weighted by Crippen LogP contribution is -2.50. The third kappa shape index (κ3) is 2.24. The van der Waals surface area contributed by atoms with Gasteiger partial charge in [-0.05, 0) is 60.8 Å². The Morgan fingerprint density at radius 3 is 2.71 bits per heavy atom. The predicted octanol–water partition coefficient (Wildman–Crippen LogP) is 5.23. The van der Waals surface area contributed by atoms with Crippen LogP contribution in [0, 0.1) is 28.6 Å². The van der Waals surface area contributed by atoms with Crippen LogP contribution in [-0.4, -0.2) is 6.29 Å². The van der Waals surface area contributed by atoms with Gasteiger partial charge >= 0.3 is 0 Å². The molecule has 0 aromatic rings. The Morgan fingerprint density at radius 1 is 1.29 bits per heavy atom. The predicted molar refractivity (Wildman–Crippen MR) is 87.6 cm³/mol. The van der Waals surface area contributed by atoms with E-state index in [1.807, 2.05) is 0 Å². The van der Waals surface area contributed by atoms with Crippen LogP contribution >= 0.6 is 0 Å². The Morgan fingerprint density at radius 2 is 2.05 bits per heavy atom. The van der Waals surface area contributed by atoms with Crippen molar-refractivity contribution in [1.82, 2.24) is 0 Å². The fourth-order valence-electron chi connectivity index (χ4n) is 5.47. The summed E-state index contributed by atoms with van der Waals surface area (Å²) < 4.78 is 0. The number of hydrogen-bond donors (Lipinski definition) is 0. The molecule has 0 N–H and O–H groups in total. The van der Waals surface area contributed by atoms with Gasteiger partial charge in [-0.1, -0.05) is 51.8 Å². The lowest BCUT2D eigenvalue weighted by Gasteiger charge is -2.56. The summed E-state index contributed by atoms with van der Waals surface area (Å²) in [5.74, 6) is 1.81. The molecule has 0 aromatic heterocycles. The summed E-state index contributed by atoms with van der Waals surface area (Å²) in [7, 11) is 0. The Hall–Kier alpha value is -0.850. The summed E-state index contributed by atoms with van der Waals surface area (Å²) >= 11 is 0. The van der Waals surface area contributed by atoms with Gasteiger partial charge in [0.15, 0.2) is 0 Å². The largest absolute Gasteiger partial charge is 0.290 e. The van der Waals surface area contributed by atoms with E-state index in [1.165, 1.54) is 25.7 Å². The first kappa shape index (κ1) is 15.1. The third-order valence-corrected chi connectivity index (χ3v) is 6.81. The minimum atomic E-state index is -0.225. The van der Waals surface area contributed by atoms with Gasteiger partial charge in [0.05, 0.1) is 0 Å². The Labute approximate surface area is 129 Å². The topological polar surface area (TPSA) is 17.1 Å². The lowest BCUT2D eigenvalue weighted by atomic mass is 9.47. The average molecular weight is 285 g/mol.